The van der Waals surface area contributed by atoms with Gasteiger partial charge in [-0.15, -0.1) is 0 Å². The molecule has 2 fully saturated rings. The van der Waals surface area contributed by atoms with Crippen molar-refractivity contribution in [2.24, 2.45) is 29.1 Å². The zero-order chi connectivity index (χ0) is 50.3. The third-order valence-electron chi connectivity index (χ3n) is 16.0. The van der Waals surface area contributed by atoms with Gasteiger partial charge in [0.25, 0.3) is 0 Å². The van der Waals surface area contributed by atoms with Crippen molar-refractivity contribution >= 4 is 29.2 Å². The van der Waals surface area contributed by atoms with E-state index in [2.05, 4.69) is 106 Å². The molecule has 6 nitrogen and oxygen atoms in total. The maximum Gasteiger partial charge on any atom is 0.426 e. The summed E-state index contributed by atoms with van der Waals surface area (Å²) in [6.07, 6.45) is 11.4. The highest BCUT2D eigenvalue weighted by atomic mass is 32.2. The molecule has 9 rings (SSSR count). The van der Waals surface area contributed by atoms with E-state index in [1.165, 1.54) is 96.9 Å². The third-order valence-corrected chi connectivity index (χ3v) is 17.6. The molecule has 5 aliphatic rings. The second kappa shape index (κ2) is 19.9. The summed E-state index contributed by atoms with van der Waals surface area (Å²) in [4.78, 5) is 4.79. The van der Waals surface area contributed by atoms with Gasteiger partial charge in [-0.25, -0.2) is 0 Å². The first-order valence-corrected chi connectivity index (χ1v) is 26.0. The van der Waals surface area contributed by atoms with Gasteiger partial charge in [-0.3, -0.25) is 0 Å². The van der Waals surface area contributed by atoms with E-state index in [-0.39, 0.29) is 27.9 Å². The molecule has 0 saturated heterocycles. The molecule has 6 atom stereocenters. The van der Waals surface area contributed by atoms with Crippen LogP contribution in [0.1, 0.15) is 112 Å². The van der Waals surface area contributed by atoms with Crippen molar-refractivity contribution in [2.45, 2.75) is 127 Å². The van der Waals surface area contributed by atoms with Gasteiger partial charge in [0.2, 0.25) is 5.60 Å². The number of fused-ring (bicyclic) bond motifs is 3. The molecule has 2 bridgehead atoms. The van der Waals surface area contributed by atoms with Crippen LogP contribution in [0.5, 0.6) is 5.75 Å². The van der Waals surface area contributed by atoms with E-state index < -0.39 is 29.4 Å². The second-order valence-corrected chi connectivity index (χ2v) is 22.7. The molecule has 0 aromatic heterocycles. The van der Waals surface area contributed by atoms with Gasteiger partial charge in [0, 0.05) is 34.0 Å². The Morgan fingerprint density at radius 3 is 2.38 bits per heavy atom. The quantitative estimate of drug-likeness (QED) is 0.140. The maximum absolute atomic E-state index is 15.7. The number of halogens is 3. The molecular weight excluding hydrogens is 910 g/mol. The molecule has 4 aromatic rings. The van der Waals surface area contributed by atoms with E-state index in [0.717, 1.165) is 64.0 Å². The van der Waals surface area contributed by atoms with Crippen LogP contribution in [-0.4, -0.2) is 25.9 Å². The summed E-state index contributed by atoms with van der Waals surface area (Å²) in [5.74, 6) is 0.809. The van der Waals surface area contributed by atoms with Crippen molar-refractivity contribution in [3.8, 4) is 24.0 Å². The van der Waals surface area contributed by atoms with Gasteiger partial charge >= 0.3 is 6.18 Å². The fourth-order valence-electron chi connectivity index (χ4n) is 13.1. The summed E-state index contributed by atoms with van der Waals surface area (Å²) in [6.45, 7) is 12.0. The lowest BCUT2D eigenvalue weighted by Crippen LogP contribution is -2.45. The Morgan fingerprint density at radius 1 is 0.915 bits per heavy atom. The average Bonchev–Trinajstić information content (AvgIpc) is 3.92. The molecule has 2 saturated carbocycles. The molecule has 6 unspecified atom stereocenters. The minimum absolute atomic E-state index is 0.0790. The number of allylic oxidation sites excluding steroid dienone is 4. The number of anilines is 2. The molecule has 0 N–H and O–H groups in total. The fraction of sp³-hybridized carbons (Fsp3) is 0.426. The van der Waals surface area contributed by atoms with E-state index in [9.17, 15) is 15.8 Å². The largest absolute Gasteiger partial charge is 0.496 e. The number of ether oxygens (including phenoxy) is 2. The van der Waals surface area contributed by atoms with Crippen LogP contribution >= 0.6 is 11.8 Å². The number of nitriles is 3. The maximum atomic E-state index is 15.7. The minimum Gasteiger partial charge on any atom is -0.496 e. The van der Waals surface area contributed by atoms with E-state index in [1.54, 1.807) is 36.0 Å². The predicted octanol–water partition coefficient (Wildman–Crippen LogP) is 15.6. The van der Waals surface area contributed by atoms with Gasteiger partial charge in [0.15, 0.2) is 5.92 Å². The number of rotatable bonds is 12. The van der Waals surface area contributed by atoms with Crippen LogP contribution in [0, 0.1) is 76.9 Å². The van der Waals surface area contributed by atoms with Crippen molar-refractivity contribution < 1.29 is 22.6 Å². The van der Waals surface area contributed by atoms with Crippen LogP contribution in [-0.2, 0) is 22.2 Å². The highest BCUT2D eigenvalue weighted by molar-refractivity contribution is 8.03. The van der Waals surface area contributed by atoms with Crippen molar-refractivity contribution in [3.05, 3.63) is 158 Å². The smallest absolute Gasteiger partial charge is 0.426 e. The van der Waals surface area contributed by atoms with Crippen LogP contribution in [0.3, 0.4) is 0 Å². The number of alkyl halides is 3. The van der Waals surface area contributed by atoms with E-state index in [4.69, 9.17) is 9.47 Å². The lowest BCUT2D eigenvalue weighted by molar-refractivity contribution is -0.269. The van der Waals surface area contributed by atoms with Crippen LogP contribution in [0.2, 0.25) is 0 Å². The fourth-order valence-corrected chi connectivity index (χ4v) is 14.4. The van der Waals surface area contributed by atoms with Crippen molar-refractivity contribution in [2.75, 3.05) is 18.6 Å². The lowest BCUT2D eigenvalue weighted by atomic mass is 9.56. The summed E-state index contributed by atoms with van der Waals surface area (Å²) in [5.41, 5.74) is 5.70. The Bertz CT molecular complexity index is 2910. The Labute approximate surface area is 422 Å². The number of hydrogen-bond acceptors (Lipinski definition) is 7. The number of methoxy groups -OCH3 is 1. The normalized spacial score (nSPS) is 26.2. The Hall–Kier alpha value is -5.99. The molecule has 2 aliphatic heterocycles. The number of aryl methyl sites for hydroxylation is 2. The standard InChI is InChI=1S/C61H63F3N4O2S/c1-39-29-43-15-12-27-59(32-39,33-43)52-31-49(23-25-54(52)69-6)68-28-26-44-30-42(21-24-53(44)68)20-22-46-35-58(4,5)34-45(57(46)71-56-40(2)13-10-14-41(56)3)16-11-19-51-50(38-67)55(47(36-65)37-66)70-60(51,61(62,63)64)48-17-8-7-9-18-48/h7-11,13-14,17-25,30-31,39,43,45,47,55H,12,15-16,26-29,32-35H2,1-6H3/b19-11+,22-20+. The Morgan fingerprint density at radius 2 is 1.68 bits per heavy atom. The number of hydrogen-bond donors (Lipinski definition) is 0. The van der Waals surface area contributed by atoms with E-state index in [0.29, 0.717) is 12.3 Å². The van der Waals surface area contributed by atoms with Gasteiger partial charge in [0.1, 0.15) is 11.9 Å². The van der Waals surface area contributed by atoms with Crippen molar-refractivity contribution in [1.29, 1.82) is 15.8 Å². The van der Waals surface area contributed by atoms with Crippen LogP contribution in [0.25, 0.3) is 6.08 Å². The Balaban J connectivity index is 1.06. The second-order valence-electron chi connectivity index (χ2n) is 21.6. The first-order chi connectivity index (χ1) is 34.0. The molecule has 71 heavy (non-hydrogen) atoms. The summed E-state index contributed by atoms with van der Waals surface area (Å²) < 4.78 is 58.9. The highest BCUT2D eigenvalue weighted by Crippen LogP contribution is 2.58. The molecule has 0 radical (unpaired) electrons. The highest BCUT2D eigenvalue weighted by Gasteiger charge is 2.65. The van der Waals surface area contributed by atoms with Gasteiger partial charge in [-0.1, -0.05) is 124 Å². The van der Waals surface area contributed by atoms with Gasteiger partial charge < -0.3 is 14.4 Å². The zero-order valence-corrected chi connectivity index (χ0v) is 42.5. The summed E-state index contributed by atoms with van der Waals surface area (Å²) >= 11 is 1.74. The number of benzene rings is 4. The van der Waals surface area contributed by atoms with Gasteiger partial charge in [-0.05, 0) is 162 Å². The zero-order valence-electron chi connectivity index (χ0n) is 41.7. The monoisotopic (exact) mass is 972 g/mol. The minimum atomic E-state index is -5.03. The molecule has 10 heteroatoms. The van der Waals surface area contributed by atoms with Crippen LogP contribution < -0.4 is 9.64 Å². The first-order valence-electron chi connectivity index (χ1n) is 25.2. The molecule has 3 aliphatic carbocycles. The molecule has 0 amide bonds. The van der Waals surface area contributed by atoms with E-state index in [1.807, 2.05) is 13.2 Å². The molecule has 366 valence electrons. The third kappa shape index (κ3) is 9.49. The average molecular weight is 973 g/mol. The molecule has 0 spiro atoms. The van der Waals surface area contributed by atoms with Crippen LogP contribution in [0.15, 0.2) is 130 Å². The van der Waals surface area contributed by atoms with Crippen molar-refractivity contribution in [3.63, 3.8) is 0 Å². The van der Waals surface area contributed by atoms with Crippen LogP contribution in [0.4, 0.5) is 24.5 Å². The Kier molecular flexibility index (Phi) is 14.0. The lowest BCUT2D eigenvalue weighted by Gasteiger charge is -2.48. The molecular formula is C61H63F3N4O2S. The van der Waals surface area contributed by atoms with Crippen molar-refractivity contribution in [1.82, 2.24) is 0 Å². The SMILES string of the molecule is COc1ccc(N2CCc3cc(/C=C/C4=C(Sc5c(C)cccc5C)C(C/C=C/C5=C(C#N)C(C(C#N)C#N)OC5(c5ccccc5)C(F)(F)F)CC(C)(C)C4)ccc32)cc1C12CCCC(CC(C)C1)C2. The summed E-state index contributed by atoms with van der Waals surface area (Å²) in [5, 5.41) is 30.1. The molecule has 2 heterocycles. The van der Waals surface area contributed by atoms with Gasteiger partial charge in [-0.2, -0.15) is 29.0 Å². The number of thioether (sulfide) groups is 1. The topological polar surface area (TPSA) is 93.1 Å². The first kappa shape index (κ1) is 50.0. The number of nitrogens with zero attached hydrogens (tertiary/aromatic N) is 4. The van der Waals surface area contributed by atoms with E-state index >= 15 is 13.2 Å². The molecule has 4 aromatic carbocycles. The summed E-state index contributed by atoms with van der Waals surface area (Å²) in [7, 11) is 1.81. The predicted molar refractivity (Wildman–Crippen MR) is 277 cm³/mol. The van der Waals surface area contributed by atoms with Gasteiger partial charge in [0.05, 0.1) is 30.9 Å². The summed E-state index contributed by atoms with van der Waals surface area (Å²) in [6, 6.07) is 32.5.